The number of thiol groups is 1. The van der Waals surface area contributed by atoms with Gasteiger partial charge in [-0.1, -0.05) is 6.42 Å². The van der Waals surface area contributed by atoms with Gasteiger partial charge in [-0.2, -0.15) is 21.9 Å². The average molecular weight is 258 g/mol. The second-order valence-corrected chi connectivity index (χ2v) is 5.97. The highest BCUT2D eigenvalue weighted by Gasteiger charge is 2.56. The third-order valence-corrected chi connectivity index (χ3v) is 5.03. The van der Waals surface area contributed by atoms with E-state index in [4.69, 9.17) is 0 Å². The molecule has 1 saturated carbocycles. The zero-order valence-electron chi connectivity index (χ0n) is 10.1. The second-order valence-electron chi connectivity index (χ2n) is 5.31. The molecule has 1 aliphatic heterocycles. The van der Waals surface area contributed by atoms with Crippen LogP contribution in [0.4, 0.5) is 4.79 Å². The van der Waals surface area contributed by atoms with Crippen LogP contribution in [0.2, 0.25) is 0 Å². The van der Waals surface area contributed by atoms with Crippen molar-refractivity contribution in [2.24, 2.45) is 5.92 Å². The summed E-state index contributed by atoms with van der Waals surface area (Å²) in [4.78, 5) is 24.1. The van der Waals surface area contributed by atoms with Gasteiger partial charge in [-0.05, 0) is 19.8 Å². The van der Waals surface area contributed by atoms with Gasteiger partial charge in [-0.25, -0.2) is 4.79 Å². The summed E-state index contributed by atoms with van der Waals surface area (Å²) in [5.41, 5.74) is 0. The minimum atomic E-state index is -0.979. The van der Waals surface area contributed by atoms with Crippen molar-refractivity contribution in [1.29, 1.82) is 0 Å². The summed E-state index contributed by atoms with van der Waals surface area (Å²) >= 11 is 4.43. The fourth-order valence-corrected chi connectivity index (χ4v) is 3.77. The molecule has 0 spiro atoms. The van der Waals surface area contributed by atoms with Crippen molar-refractivity contribution in [3.8, 4) is 0 Å². The van der Waals surface area contributed by atoms with Gasteiger partial charge in [0, 0.05) is 18.1 Å². The molecule has 4 nitrogen and oxygen atoms in total. The first-order chi connectivity index (χ1) is 8.00. The standard InChI is InChI=1S/C12H19NO3S/c1-8-4-3-7-13(8,12(15)16)11(14)9-5-2-6-10(9)17/h8-10H,2-7H2,1H3,(H-,15,16,17)/p+1/t8-,9?,10?,13?/m1/s1. The number of carboxylic acid groups (broad SMARTS) is 1. The Balaban J connectivity index is 2.28. The van der Waals surface area contributed by atoms with Crippen LogP contribution in [0.1, 0.15) is 39.0 Å². The lowest BCUT2D eigenvalue weighted by Gasteiger charge is -2.32. The van der Waals surface area contributed by atoms with Crippen LogP contribution in [-0.2, 0) is 4.79 Å². The van der Waals surface area contributed by atoms with Crippen LogP contribution < -0.4 is 0 Å². The summed E-state index contributed by atoms with van der Waals surface area (Å²) < 4.78 is -0.359. The molecule has 0 radical (unpaired) electrons. The number of carbonyl (C=O) groups excluding carboxylic acids is 1. The molecule has 3 unspecified atom stereocenters. The number of hydrogen-bond donors (Lipinski definition) is 2. The Kier molecular flexibility index (Phi) is 3.50. The van der Waals surface area contributed by atoms with Gasteiger partial charge in [-0.15, -0.1) is 0 Å². The van der Waals surface area contributed by atoms with Gasteiger partial charge in [0.05, 0.1) is 12.5 Å². The first-order valence-electron chi connectivity index (χ1n) is 6.34. The summed E-state index contributed by atoms with van der Waals surface area (Å²) in [6.07, 6.45) is 3.37. The molecule has 1 heterocycles. The van der Waals surface area contributed by atoms with Gasteiger partial charge in [0.2, 0.25) is 0 Å². The molecular weight excluding hydrogens is 238 g/mol. The third kappa shape index (κ3) is 1.89. The van der Waals surface area contributed by atoms with Gasteiger partial charge in [0.1, 0.15) is 6.04 Å². The maximum absolute atomic E-state index is 12.6. The number of carbonyl (C=O) groups is 2. The zero-order valence-corrected chi connectivity index (χ0v) is 11.0. The van der Waals surface area contributed by atoms with E-state index >= 15 is 0 Å². The van der Waals surface area contributed by atoms with E-state index in [1.807, 2.05) is 6.92 Å². The smallest absolute Gasteiger partial charge is 0.435 e. The molecule has 1 saturated heterocycles. The van der Waals surface area contributed by atoms with Gasteiger partial charge >= 0.3 is 12.0 Å². The molecule has 1 N–H and O–H groups in total. The Hall–Kier alpha value is -0.550. The summed E-state index contributed by atoms with van der Waals surface area (Å²) in [5, 5.41) is 9.52. The van der Waals surface area contributed by atoms with Crippen molar-refractivity contribution in [3.63, 3.8) is 0 Å². The van der Waals surface area contributed by atoms with Crippen molar-refractivity contribution in [2.45, 2.75) is 50.3 Å². The van der Waals surface area contributed by atoms with E-state index in [0.29, 0.717) is 6.54 Å². The zero-order chi connectivity index (χ0) is 12.6. The highest BCUT2D eigenvalue weighted by molar-refractivity contribution is 7.81. The molecule has 2 fully saturated rings. The van der Waals surface area contributed by atoms with Crippen LogP contribution in [0.3, 0.4) is 0 Å². The molecule has 4 atom stereocenters. The van der Waals surface area contributed by atoms with E-state index in [1.165, 1.54) is 0 Å². The number of amides is 2. The Morgan fingerprint density at radius 2 is 1.94 bits per heavy atom. The minimum Gasteiger partial charge on any atom is -0.435 e. The Labute approximate surface area is 107 Å². The number of hydrogen-bond acceptors (Lipinski definition) is 3. The fourth-order valence-electron chi connectivity index (χ4n) is 3.31. The predicted molar refractivity (Wildman–Crippen MR) is 67.0 cm³/mol. The minimum absolute atomic E-state index is 0.0460. The highest BCUT2D eigenvalue weighted by atomic mass is 32.1. The molecular formula is C12H20NO3S+. The molecule has 0 aromatic carbocycles. The first-order valence-corrected chi connectivity index (χ1v) is 6.85. The van der Waals surface area contributed by atoms with Crippen LogP contribution in [0.5, 0.6) is 0 Å². The fraction of sp³-hybridized carbons (Fsp3) is 0.833. The summed E-state index contributed by atoms with van der Waals surface area (Å²) in [5.74, 6) is -0.282. The normalized spacial score (nSPS) is 41.6. The van der Waals surface area contributed by atoms with Gasteiger partial charge < -0.3 is 5.11 Å². The van der Waals surface area contributed by atoms with E-state index in [9.17, 15) is 14.7 Å². The third-order valence-electron chi connectivity index (χ3n) is 4.42. The van der Waals surface area contributed by atoms with Crippen LogP contribution >= 0.6 is 12.6 Å². The molecule has 2 rings (SSSR count). The lowest BCUT2D eigenvalue weighted by Crippen LogP contribution is -2.61. The number of rotatable bonds is 1. The molecule has 2 aliphatic rings. The van der Waals surface area contributed by atoms with Crippen molar-refractivity contribution in [3.05, 3.63) is 0 Å². The topological polar surface area (TPSA) is 54.4 Å². The quantitative estimate of drug-likeness (QED) is 0.560. The van der Waals surface area contributed by atoms with E-state index in [1.54, 1.807) is 0 Å². The van der Waals surface area contributed by atoms with Crippen LogP contribution in [0.25, 0.3) is 0 Å². The number of quaternary nitrogens is 1. The maximum atomic E-state index is 12.6. The Bertz CT molecular complexity index is 347. The Morgan fingerprint density at radius 3 is 2.35 bits per heavy atom. The van der Waals surface area contributed by atoms with E-state index in [0.717, 1.165) is 32.1 Å². The molecule has 2 amide bonds. The van der Waals surface area contributed by atoms with Crippen molar-refractivity contribution >= 4 is 24.6 Å². The summed E-state index contributed by atoms with van der Waals surface area (Å²) in [7, 11) is 0. The van der Waals surface area contributed by atoms with Crippen molar-refractivity contribution in [1.82, 2.24) is 0 Å². The first kappa shape index (κ1) is 12.9. The van der Waals surface area contributed by atoms with Gasteiger partial charge in [0.25, 0.3) is 0 Å². The van der Waals surface area contributed by atoms with Crippen LogP contribution in [0, 0.1) is 5.92 Å². The van der Waals surface area contributed by atoms with Gasteiger partial charge in [0.15, 0.2) is 0 Å². The molecule has 0 bridgehead atoms. The monoisotopic (exact) mass is 258 g/mol. The van der Waals surface area contributed by atoms with E-state index in [2.05, 4.69) is 12.6 Å². The number of likely N-dealkylation sites (tertiary alicyclic amines) is 1. The Morgan fingerprint density at radius 1 is 1.24 bits per heavy atom. The molecule has 5 heteroatoms. The van der Waals surface area contributed by atoms with Gasteiger partial charge in [-0.3, -0.25) is 0 Å². The summed E-state index contributed by atoms with van der Waals surface area (Å²) in [6.45, 7) is 2.33. The maximum Gasteiger partial charge on any atom is 0.521 e. The largest absolute Gasteiger partial charge is 0.521 e. The van der Waals surface area contributed by atoms with Crippen LogP contribution in [-0.4, -0.2) is 39.4 Å². The van der Waals surface area contributed by atoms with Crippen molar-refractivity contribution in [2.75, 3.05) is 6.54 Å². The van der Waals surface area contributed by atoms with Crippen molar-refractivity contribution < 1.29 is 19.2 Å². The lowest BCUT2D eigenvalue weighted by atomic mass is 10.0. The molecule has 96 valence electrons. The van der Waals surface area contributed by atoms with Crippen LogP contribution in [0.15, 0.2) is 0 Å². The average Bonchev–Trinajstić information content (AvgIpc) is 2.84. The highest BCUT2D eigenvalue weighted by Crippen LogP contribution is 2.37. The van der Waals surface area contributed by atoms with E-state index in [-0.39, 0.29) is 27.6 Å². The summed E-state index contributed by atoms with van der Waals surface area (Å²) in [6, 6.07) is -0.0962. The SMILES string of the molecule is C[C@@H]1CCC[N+]1(C(=O)O)C(=O)C1CCCC1S. The molecule has 1 aliphatic carbocycles. The molecule has 17 heavy (non-hydrogen) atoms. The number of nitrogens with zero attached hydrogens (tertiary/aromatic N) is 1. The second kappa shape index (κ2) is 4.61. The number of imide groups is 1. The molecule has 0 aromatic rings. The molecule has 0 aromatic heterocycles. The predicted octanol–water partition coefficient (Wildman–Crippen LogP) is 2.29. The van der Waals surface area contributed by atoms with E-state index < -0.39 is 6.09 Å². The lowest BCUT2D eigenvalue weighted by molar-refractivity contribution is -0.794.